The monoisotopic (exact) mass is 277 g/mol. The van der Waals surface area contributed by atoms with Crippen LogP contribution in [0.5, 0.6) is 0 Å². The number of hydrogen-bond acceptors (Lipinski definition) is 5. The molecule has 8 heteroatoms. The lowest BCUT2D eigenvalue weighted by molar-refractivity contribution is -0.173. The number of rotatable bonds is 6. The first-order chi connectivity index (χ1) is 8.73. The van der Waals surface area contributed by atoms with Crippen LogP contribution in [0.3, 0.4) is 0 Å². The van der Waals surface area contributed by atoms with Crippen LogP contribution in [0.2, 0.25) is 0 Å². The molecule has 1 rings (SSSR count). The van der Waals surface area contributed by atoms with Gasteiger partial charge in [-0.05, 0) is 20.3 Å². The molecule has 1 atom stereocenters. The van der Waals surface area contributed by atoms with E-state index in [0.717, 1.165) is 4.68 Å². The lowest BCUT2D eigenvalue weighted by Gasteiger charge is -2.17. The van der Waals surface area contributed by atoms with Crippen LogP contribution >= 0.6 is 0 Å². The van der Waals surface area contributed by atoms with E-state index >= 15 is 0 Å². The molecule has 0 fully saturated rings. The topological polar surface area (TPSA) is 77.2 Å². The number of alkyl halides is 2. The summed E-state index contributed by atoms with van der Waals surface area (Å²) >= 11 is 0. The Kier molecular flexibility index (Phi) is 4.56. The molecule has 0 aliphatic heterocycles. The van der Waals surface area contributed by atoms with Crippen LogP contribution in [-0.2, 0) is 21.7 Å². The largest absolute Gasteiger partial charge is 0.462 e. The Hall–Kier alpha value is -1.57. The molecule has 1 unspecified atom stereocenters. The van der Waals surface area contributed by atoms with Gasteiger partial charge in [-0.15, -0.1) is 5.10 Å². The van der Waals surface area contributed by atoms with Gasteiger partial charge in [0.2, 0.25) is 0 Å². The van der Waals surface area contributed by atoms with Crippen molar-refractivity contribution in [3.8, 4) is 0 Å². The first-order valence-electron chi connectivity index (χ1n) is 5.91. The molecule has 0 spiro atoms. The Morgan fingerprint density at radius 3 is 2.68 bits per heavy atom. The van der Waals surface area contributed by atoms with E-state index in [0.29, 0.717) is 6.42 Å². The van der Waals surface area contributed by atoms with Crippen LogP contribution < -0.4 is 0 Å². The number of nitrogens with zero attached hydrogens (tertiary/aromatic N) is 3. The van der Waals surface area contributed by atoms with E-state index in [1.807, 2.05) is 0 Å². The van der Waals surface area contributed by atoms with Crippen LogP contribution in [0.1, 0.15) is 32.9 Å². The highest BCUT2D eigenvalue weighted by molar-refractivity contribution is 5.77. The van der Waals surface area contributed by atoms with Crippen LogP contribution in [0.25, 0.3) is 0 Å². The smallest absolute Gasteiger partial charge is 0.379 e. The van der Waals surface area contributed by atoms with Crippen molar-refractivity contribution >= 4 is 5.97 Å². The number of hydrogen-bond donors (Lipinski definition) is 1. The number of carbonyl (C=O) groups is 1. The fourth-order valence-electron chi connectivity index (χ4n) is 1.31. The van der Waals surface area contributed by atoms with Crippen LogP contribution in [0, 0.1) is 0 Å². The predicted octanol–water partition coefficient (Wildman–Crippen LogP) is 1.09. The molecule has 1 N–H and O–H groups in total. The fraction of sp³-hybridized carbons (Fsp3) is 0.727. The maximum Gasteiger partial charge on any atom is 0.379 e. The SMILES string of the molecule is CCOC(=O)C(F)(F)Cn1cc(C(C)(O)CC)nn1. The highest BCUT2D eigenvalue weighted by Gasteiger charge is 2.41. The van der Waals surface area contributed by atoms with Crippen molar-refractivity contribution in [2.45, 2.75) is 45.3 Å². The van der Waals surface area contributed by atoms with Gasteiger partial charge < -0.3 is 9.84 Å². The number of aromatic nitrogens is 3. The molecule has 108 valence electrons. The summed E-state index contributed by atoms with van der Waals surface area (Å²) in [6, 6.07) is 0. The van der Waals surface area contributed by atoms with Gasteiger partial charge in [-0.3, -0.25) is 0 Å². The van der Waals surface area contributed by atoms with Crippen molar-refractivity contribution in [3.63, 3.8) is 0 Å². The lowest BCUT2D eigenvalue weighted by Crippen LogP contribution is -2.35. The van der Waals surface area contributed by atoms with E-state index < -0.39 is 24.0 Å². The first-order valence-corrected chi connectivity index (χ1v) is 5.91. The molecule has 0 bridgehead atoms. The average molecular weight is 277 g/mol. The second-order valence-corrected chi connectivity index (χ2v) is 4.35. The third-order valence-electron chi connectivity index (χ3n) is 2.71. The van der Waals surface area contributed by atoms with E-state index in [-0.39, 0.29) is 12.3 Å². The minimum atomic E-state index is -3.68. The zero-order valence-electron chi connectivity index (χ0n) is 11.1. The standard InChI is InChI=1S/C11H17F2N3O3/c1-4-10(3,18)8-6-16(15-14-8)7-11(12,13)9(17)19-5-2/h6,18H,4-5,7H2,1-3H3. The molecule has 1 aromatic heterocycles. The molecule has 1 aromatic rings. The third-order valence-corrected chi connectivity index (χ3v) is 2.71. The Bertz CT molecular complexity index is 446. The Balaban J connectivity index is 2.81. The minimum Gasteiger partial charge on any atom is -0.462 e. The number of aliphatic hydroxyl groups is 1. The fourth-order valence-corrected chi connectivity index (χ4v) is 1.31. The van der Waals surface area contributed by atoms with Crippen LogP contribution in [0.4, 0.5) is 8.78 Å². The lowest BCUT2D eigenvalue weighted by atomic mass is 10.0. The van der Waals surface area contributed by atoms with Crippen LogP contribution in [-0.4, -0.2) is 38.6 Å². The van der Waals surface area contributed by atoms with Gasteiger partial charge in [-0.25, -0.2) is 9.48 Å². The molecule has 0 radical (unpaired) electrons. The van der Waals surface area contributed by atoms with Crippen molar-refractivity contribution < 1.29 is 23.4 Å². The summed E-state index contributed by atoms with van der Waals surface area (Å²) in [6.45, 7) is 3.58. The summed E-state index contributed by atoms with van der Waals surface area (Å²) < 4.78 is 32.0. The third kappa shape index (κ3) is 3.69. The number of ether oxygens (including phenoxy) is 1. The second kappa shape index (κ2) is 5.60. The summed E-state index contributed by atoms with van der Waals surface area (Å²) in [6.07, 6.45) is 1.55. The van der Waals surface area contributed by atoms with E-state index in [1.165, 1.54) is 20.0 Å². The summed E-state index contributed by atoms with van der Waals surface area (Å²) in [7, 11) is 0. The Labute approximate surface area is 109 Å². The molecule has 0 amide bonds. The zero-order valence-corrected chi connectivity index (χ0v) is 11.1. The van der Waals surface area contributed by atoms with E-state index in [1.54, 1.807) is 6.92 Å². The molecular weight excluding hydrogens is 260 g/mol. The van der Waals surface area contributed by atoms with E-state index in [9.17, 15) is 18.7 Å². The Morgan fingerprint density at radius 1 is 1.53 bits per heavy atom. The zero-order chi connectivity index (χ0) is 14.7. The summed E-state index contributed by atoms with van der Waals surface area (Å²) in [5.74, 6) is -5.28. The van der Waals surface area contributed by atoms with Crippen molar-refractivity contribution in [1.29, 1.82) is 0 Å². The highest BCUT2D eigenvalue weighted by Crippen LogP contribution is 2.23. The van der Waals surface area contributed by atoms with Gasteiger partial charge in [0.15, 0.2) is 0 Å². The summed E-state index contributed by atoms with van der Waals surface area (Å²) in [5, 5.41) is 17.0. The molecule has 0 aliphatic carbocycles. The van der Waals surface area contributed by atoms with Gasteiger partial charge in [0.1, 0.15) is 17.8 Å². The van der Waals surface area contributed by atoms with Crippen molar-refractivity contribution in [2.75, 3.05) is 6.61 Å². The average Bonchev–Trinajstić information content (AvgIpc) is 2.77. The molecule has 0 saturated heterocycles. The molecule has 1 heterocycles. The normalized spacial score (nSPS) is 15.1. The van der Waals surface area contributed by atoms with Gasteiger partial charge in [0, 0.05) is 0 Å². The van der Waals surface area contributed by atoms with E-state index in [4.69, 9.17) is 0 Å². The van der Waals surface area contributed by atoms with Gasteiger partial charge in [0.05, 0.1) is 12.8 Å². The van der Waals surface area contributed by atoms with Crippen molar-refractivity contribution in [2.24, 2.45) is 0 Å². The molecule has 0 aromatic carbocycles. The van der Waals surface area contributed by atoms with Crippen molar-refractivity contribution in [3.05, 3.63) is 11.9 Å². The molecule has 19 heavy (non-hydrogen) atoms. The Morgan fingerprint density at radius 2 is 2.16 bits per heavy atom. The number of carbonyl (C=O) groups excluding carboxylic acids is 1. The first kappa shape index (κ1) is 15.5. The van der Waals surface area contributed by atoms with Crippen LogP contribution in [0.15, 0.2) is 6.20 Å². The van der Waals surface area contributed by atoms with E-state index in [2.05, 4.69) is 15.0 Å². The number of esters is 1. The van der Waals surface area contributed by atoms with Gasteiger partial charge in [-0.1, -0.05) is 12.1 Å². The maximum absolute atomic E-state index is 13.5. The van der Waals surface area contributed by atoms with Gasteiger partial charge >= 0.3 is 11.9 Å². The molecule has 6 nitrogen and oxygen atoms in total. The summed E-state index contributed by atoms with van der Waals surface area (Å²) in [4.78, 5) is 11.0. The molecule has 0 saturated carbocycles. The minimum absolute atomic E-state index is 0.123. The number of halogens is 2. The van der Waals surface area contributed by atoms with Crippen molar-refractivity contribution in [1.82, 2.24) is 15.0 Å². The predicted molar refractivity (Wildman–Crippen MR) is 61.5 cm³/mol. The quantitative estimate of drug-likeness (QED) is 0.788. The highest BCUT2D eigenvalue weighted by atomic mass is 19.3. The van der Waals surface area contributed by atoms with Gasteiger partial charge in [-0.2, -0.15) is 8.78 Å². The summed E-state index contributed by atoms with van der Waals surface area (Å²) in [5.41, 5.74) is -1.06. The molecule has 0 aliphatic rings. The van der Waals surface area contributed by atoms with Gasteiger partial charge in [0.25, 0.3) is 0 Å². The maximum atomic E-state index is 13.5. The molecular formula is C11H17F2N3O3. The second-order valence-electron chi connectivity index (χ2n) is 4.35.